The van der Waals surface area contributed by atoms with E-state index >= 15 is 0 Å². The van der Waals surface area contributed by atoms with Gasteiger partial charge < -0.3 is 15.3 Å². The van der Waals surface area contributed by atoms with Gasteiger partial charge in [-0.2, -0.15) is 11.8 Å². The van der Waals surface area contributed by atoms with E-state index in [0.29, 0.717) is 6.54 Å². The van der Waals surface area contributed by atoms with Crippen molar-refractivity contribution in [1.82, 2.24) is 10.2 Å². The van der Waals surface area contributed by atoms with Crippen LogP contribution in [0.3, 0.4) is 0 Å². The Balaban J connectivity index is 2.30. The first-order valence-electron chi connectivity index (χ1n) is 4.52. The molecule has 14 heavy (non-hydrogen) atoms. The summed E-state index contributed by atoms with van der Waals surface area (Å²) in [4.78, 5) is 23.3. The molecule has 1 heterocycles. The minimum absolute atomic E-state index is 0.269. The van der Waals surface area contributed by atoms with Gasteiger partial charge in [0, 0.05) is 18.8 Å². The van der Waals surface area contributed by atoms with Crippen LogP contribution in [0.4, 0.5) is 4.79 Å². The predicted molar refractivity (Wildman–Crippen MR) is 54.5 cm³/mol. The van der Waals surface area contributed by atoms with Gasteiger partial charge in [-0.15, -0.1) is 0 Å². The quantitative estimate of drug-likeness (QED) is 0.695. The number of urea groups is 1. The van der Waals surface area contributed by atoms with Crippen LogP contribution in [0.2, 0.25) is 0 Å². The van der Waals surface area contributed by atoms with Gasteiger partial charge in [0.1, 0.15) is 6.54 Å². The number of thioether (sulfide) groups is 1. The minimum Gasteiger partial charge on any atom is -0.480 e. The molecule has 5 nitrogen and oxygen atoms in total. The molecule has 0 bridgehead atoms. The van der Waals surface area contributed by atoms with Crippen molar-refractivity contribution >= 4 is 23.8 Å². The molecule has 0 aromatic heterocycles. The molecule has 0 atom stereocenters. The van der Waals surface area contributed by atoms with Gasteiger partial charge in [0.2, 0.25) is 0 Å². The molecule has 0 unspecified atom stereocenters. The highest BCUT2D eigenvalue weighted by atomic mass is 32.2. The van der Waals surface area contributed by atoms with Gasteiger partial charge in [-0.25, -0.2) is 4.79 Å². The Hall–Kier alpha value is -0.910. The molecule has 1 aliphatic rings. The molecule has 0 aliphatic carbocycles. The van der Waals surface area contributed by atoms with Crippen LogP contribution in [0.25, 0.3) is 0 Å². The van der Waals surface area contributed by atoms with Gasteiger partial charge in [-0.05, 0) is 12.2 Å². The Morgan fingerprint density at radius 3 is 2.86 bits per heavy atom. The van der Waals surface area contributed by atoms with E-state index in [0.717, 1.165) is 24.5 Å². The second-order valence-corrected chi connectivity index (χ2v) is 4.23. The van der Waals surface area contributed by atoms with Crippen molar-refractivity contribution in [3.63, 3.8) is 0 Å². The van der Waals surface area contributed by atoms with Gasteiger partial charge in [0.15, 0.2) is 0 Å². The summed E-state index contributed by atoms with van der Waals surface area (Å²) in [5, 5.41) is 10.7. The van der Waals surface area contributed by atoms with Crippen molar-refractivity contribution in [2.75, 3.05) is 31.1 Å². The van der Waals surface area contributed by atoms with E-state index < -0.39 is 5.97 Å². The summed E-state index contributed by atoms with van der Waals surface area (Å²) in [6, 6.07) is -0.269. The molecule has 0 saturated carbocycles. The van der Waals surface area contributed by atoms with E-state index in [9.17, 15) is 9.59 Å². The van der Waals surface area contributed by atoms with Crippen LogP contribution in [0, 0.1) is 0 Å². The third kappa shape index (κ3) is 3.87. The van der Waals surface area contributed by atoms with Crippen molar-refractivity contribution in [2.24, 2.45) is 0 Å². The number of amides is 2. The Labute approximate surface area is 86.8 Å². The van der Waals surface area contributed by atoms with Gasteiger partial charge in [-0.3, -0.25) is 4.79 Å². The number of carbonyl (C=O) groups excluding carboxylic acids is 1. The maximum Gasteiger partial charge on any atom is 0.323 e. The third-order valence-corrected chi connectivity index (χ3v) is 2.95. The van der Waals surface area contributed by atoms with Crippen molar-refractivity contribution in [3.8, 4) is 0 Å². The van der Waals surface area contributed by atoms with Crippen LogP contribution in [0.5, 0.6) is 0 Å². The standard InChI is InChI=1S/C8H14N2O3S/c11-7(12)6-9-8(13)10-2-1-4-14-5-3-10/h1-6H2,(H,9,13)(H,11,12). The fourth-order valence-electron chi connectivity index (χ4n) is 1.21. The lowest BCUT2D eigenvalue weighted by molar-refractivity contribution is -0.135. The first-order valence-corrected chi connectivity index (χ1v) is 5.68. The zero-order chi connectivity index (χ0) is 10.4. The van der Waals surface area contributed by atoms with E-state index in [2.05, 4.69) is 5.32 Å². The number of carbonyl (C=O) groups is 2. The number of nitrogens with zero attached hydrogens (tertiary/aromatic N) is 1. The lowest BCUT2D eigenvalue weighted by atomic mass is 10.4. The average Bonchev–Trinajstić information content (AvgIpc) is 2.42. The zero-order valence-electron chi connectivity index (χ0n) is 7.86. The fraction of sp³-hybridized carbons (Fsp3) is 0.750. The lowest BCUT2D eigenvalue weighted by Gasteiger charge is -2.19. The Morgan fingerprint density at radius 2 is 2.14 bits per heavy atom. The van der Waals surface area contributed by atoms with E-state index in [4.69, 9.17) is 5.11 Å². The summed E-state index contributed by atoms with van der Waals surface area (Å²) < 4.78 is 0. The van der Waals surface area contributed by atoms with E-state index in [1.807, 2.05) is 11.8 Å². The van der Waals surface area contributed by atoms with Gasteiger partial charge in [-0.1, -0.05) is 0 Å². The van der Waals surface area contributed by atoms with Crippen LogP contribution in [0.15, 0.2) is 0 Å². The highest BCUT2D eigenvalue weighted by molar-refractivity contribution is 7.99. The molecule has 1 rings (SSSR count). The highest BCUT2D eigenvalue weighted by Crippen LogP contribution is 2.09. The molecule has 6 heteroatoms. The number of hydrogen-bond acceptors (Lipinski definition) is 3. The maximum absolute atomic E-state index is 11.4. The second-order valence-electron chi connectivity index (χ2n) is 3.01. The summed E-state index contributed by atoms with van der Waals surface area (Å²) in [6.07, 6.45) is 0.977. The van der Waals surface area contributed by atoms with Gasteiger partial charge >= 0.3 is 12.0 Å². The Bertz CT molecular complexity index is 215. The van der Waals surface area contributed by atoms with E-state index in [1.165, 1.54) is 0 Å². The second kappa shape index (κ2) is 5.74. The molecule has 0 radical (unpaired) electrons. The molecule has 1 fully saturated rings. The number of nitrogens with one attached hydrogen (secondary N) is 1. The Kier molecular flexibility index (Phi) is 4.58. The first kappa shape index (κ1) is 11.2. The van der Waals surface area contributed by atoms with Crippen molar-refractivity contribution < 1.29 is 14.7 Å². The van der Waals surface area contributed by atoms with Crippen LogP contribution >= 0.6 is 11.8 Å². The smallest absolute Gasteiger partial charge is 0.323 e. The van der Waals surface area contributed by atoms with Crippen molar-refractivity contribution in [2.45, 2.75) is 6.42 Å². The van der Waals surface area contributed by atoms with E-state index in [-0.39, 0.29) is 12.6 Å². The van der Waals surface area contributed by atoms with Crippen LogP contribution in [-0.2, 0) is 4.79 Å². The summed E-state index contributed by atoms with van der Waals surface area (Å²) >= 11 is 1.82. The summed E-state index contributed by atoms with van der Waals surface area (Å²) in [5.74, 6) is 0.992. The number of aliphatic carboxylic acids is 1. The summed E-state index contributed by atoms with van der Waals surface area (Å²) in [5.41, 5.74) is 0. The first-order chi connectivity index (χ1) is 6.70. The minimum atomic E-state index is -1.01. The monoisotopic (exact) mass is 218 g/mol. The number of hydrogen-bond donors (Lipinski definition) is 2. The summed E-state index contributed by atoms with van der Waals surface area (Å²) in [6.45, 7) is 1.12. The largest absolute Gasteiger partial charge is 0.480 e. The van der Waals surface area contributed by atoms with Crippen LogP contribution < -0.4 is 5.32 Å². The molecule has 0 aromatic rings. The van der Waals surface area contributed by atoms with Gasteiger partial charge in [0.05, 0.1) is 0 Å². The molecular formula is C8H14N2O3S. The van der Waals surface area contributed by atoms with Gasteiger partial charge in [0.25, 0.3) is 0 Å². The molecule has 0 aromatic carbocycles. The molecular weight excluding hydrogens is 204 g/mol. The molecule has 2 N–H and O–H groups in total. The van der Waals surface area contributed by atoms with Crippen LogP contribution in [0.1, 0.15) is 6.42 Å². The van der Waals surface area contributed by atoms with Crippen LogP contribution in [-0.4, -0.2) is 53.1 Å². The molecule has 1 aliphatic heterocycles. The SMILES string of the molecule is O=C(O)CNC(=O)N1CCCSCC1. The molecule has 0 spiro atoms. The average molecular weight is 218 g/mol. The van der Waals surface area contributed by atoms with E-state index in [1.54, 1.807) is 4.90 Å². The number of carboxylic acids is 1. The molecule has 1 saturated heterocycles. The molecule has 80 valence electrons. The number of carboxylic acid groups (broad SMARTS) is 1. The fourth-order valence-corrected chi connectivity index (χ4v) is 2.10. The molecule has 2 amide bonds. The topological polar surface area (TPSA) is 69.6 Å². The zero-order valence-corrected chi connectivity index (χ0v) is 8.68. The maximum atomic E-state index is 11.4. The normalized spacial score (nSPS) is 17.3. The predicted octanol–water partition coefficient (Wildman–Crippen LogP) is 0.220. The Morgan fingerprint density at radius 1 is 1.36 bits per heavy atom. The van der Waals surface area contributed by atoms with Crippen molar-refractivity contribution in [1.29, 1.82) is 0 Å². The number of rotatable bonds is 2. The van der Waals surface area contributed by atoms with Crippen molar-refractivity contribution in [3.05, 3.63) is 0 Å². The lowest BCUT2D eigenvalue weighted by Crippen LogP contribution is -2.43. The third-order valence-electron chi connectivity index (χ3n) is 1.90. The summed E-state index contributed by atoms with van der Waals surface area (Å²) in [7, 11) is 0. The highest BCUT2D eigenvalue weighted by Gasteiger charge is 2.15.